The van der Waals surface area contributed by atoms with Crippen LogP contribution in [0, 0.1) is 5.82 Å². The summed E-state index contributed by atoms with van der Waals surface area (Å²) in [6.07, 6.45) is 2.76. The van der Waals surface area contributed by atoms with E-state index in [-0.39, 0.29) is 16.1 Å². The molecule has 2 aromatic carbocycles. The van der Waals surface area contributed by atoms with E-state index in [4.69, 9.17) is 5.14 Å². The molecule has 1 aliphatic rings. The lowest BCUT2D eigenvalue weighted by atomic mass is 9.96. The molecular formula is C20H25FN4O2S. The van der Waals surface area contributed by atoms with Crippen molar-refractivity contribution in [1.29, 1.82) is 0 Å². The van der Waals surface area contributed by atoms with Gasteiger partial charge in [0.1, 0.15) is 5.82 Å². The fraction of sp³-hybridized carbons (Fsp3) is 0.350. The molecule has 1 aliphatic carbocycles. The molecule has 0 amide bonds. The average molecular weight is 405 g/mol. The zero-order valence-corrected chi connectivity index (χ0v) is 16.6. The standard InChI is InChI=1S/C20H25FN4O2S/c1-23-19(24-12-9-15-5-7-18(8-6-15)28(22,26)27)25-14-20(10-11-20)16-3-2-4-17(21)13-16/h2-8,13H,9-12,14H2,1H3,(H2,22,26,27)(H2,23,24,25). The zero-order valence-electron chi connectivity index (χ0n) is 15.8. The molecule has 28 heavy (non-hydrogen) atoms. The number of sulfonamides is 1. The third kappa shape index (κ3) is 5.08. The van der Waals surface area contributed by atoms with E-state index in [0.29, 0.717) is 25.5 Å². The molecule has 2 aromatic rings. The fourth-order valence-corrected chi connectivity index (χ4v) is 3.70. The molecule has 1 saturated carbocycles. The van der Waals surface area contributed by atoms with Gasteiger partial charge in [0.15, 0.2) is 5.96 Å². The lowest BCUT2D eigenvalue weighted by Gasteiger charge is -2.19. The van der Waals surface area contributed by atoms with Gasteiger partial charge in [-0.25, -0.2) is 17.9 Å². The van der Waals surface area contributed by atoms with Crippen LogP contribution in [-0.2, 0) is 21.9 Å². The Morgan fingerprint density at radius 2 is 1.89 bits per heavy atom. The number of guanidine groups is 1. The first-order chi connectivity index (χ1) is 13.3. The van der Waals surface area contributed by atoms with E-state index >= 15 is 0 Å². The molecule has 0 spiro atoms. The molecule has 0 heterocycles. The molecule has 0 bridgehead atoms. The van der Waals surface area contributed by atoms with E-state index in [9.17, 15) is 12.8 Å². The number of halogens is 1. The van der Waals surface area contributed by atoms with Gasteiger partial charge < -0.3 is 10.6 Å². The van der Waals surface area contributed by atoms with E-state index in [0.717, 1.165) is 24.0 Å². The Morgan fingerprint density at radius 3 is 2.46 bits per heavy atom. The summed E-state index contributed by atoms with van der Waals surface area (Å²) in [6, 6.07) is 13.3. The smallest absolute Gasteiger partial charge is 0.238 e. The molecule has 0 saturated heterocycles. The minimum absolute atomic E-state index is 0.0245. The van der Waals surface area contributed by atoms with Gasteiger partial charge in [0.05, 0.1) is 4.90 Å². The number of rotatable bonds is 7. The number of nitrogens with two attached hydrogens (primary N) is 1. The van der Waals surface area contributed by atoms with Crippen LogP contribution in [0.4, 0.5) is 4.39 Å². The Kier molecular flexibility index (Phi) is 6.00. The second kappa shape index (κ2) is 8.28. The first kappa shape index (κ1) is 20.3. The number of primary sulfonamides is 1. The van der Waals surface area contributed by atoms with Gasteiger partial charge in [-0.3, -0.25) is 4.99 Å². The van der Waals surface area contributed by atoms with Crippen molar-refractivity contribution in [2.24, 2.45) is 10.1 Å². The Balaban J connectivity index is 1.49. The Bertz CT molecular complexity index is 954. The fourth-order valence-electron chi connectivity index (χ4n) is 3.18. The van der Waals surface area contributed by atoms with Crippen LogP contribution in [0.3, 0.4) is 0 Å². The number of aliphatic imine (C=N–C) groups is 1. The number of hydrogen-bond donors (Lipinski definition) is 3. The third-order valence-electron chi connectivity index (χ3n) is 5.07. The summed E-state index contributed by atoms with van der Waals surface area (Å²) in [5.74, 6) is 0.476. The number of nitrogens with zero attached hydrogens (tertiary/aromatic N) is 1. The summed E-state index contributed by atoms with van der Waals surface area (Å²) < 4.78 is 36.1. The molecule has 0 atom stereocenters. The van der Waals surface area contributed by atoms with Crippen molar-refractivity contribution in [2.75, 3.05) is 20.1 Å². The maximum Gasteiger partial charge on any atom is 0.238 e. The van der Waals surface area contributed by atoms with Crippen molar-refractivity contribution in [3.05, 3.63) is 65.5 Å². The second-order valence-electron chi connectivity index (χ2n) is 7.08. The monoisotopic (exact) mass is 404 g/mol. The maximum atomic E-state index is 13.5. The van der Waals surface area contributed by atoms with Crippen molar-refractivity contribution in [3.8, 4) is 0 Å². The van der Waals surface area contributed by atoms with Gasteiger partial charge in [0.2, 0.25) is 10.0 Å². The van der Waals surface area contributed by atoms with Gasteiger partial charge in [0, 0.05) is 25.6 Å². The third-order valence-corrected chi connectivity index (χ3v) is 6.00. The molecular weight excluding hydrogens is 379 g/mol. The molecule has 8 heteroatoms. The number of benzene rings is 2. The van der Waals surface area contributed by atoms with Crippen LogP contribution in [0.15, 0.2) is 58.4 Å². The largest absolute Gasteiger partial charge is 0.356 e. The first-order valence-corrected chi connectivity index (χ1v) is 10.7. The highest BCUT2D eigenvalue weighted by Gasteiger charge is 2.44. The van der Waals surface area contributed by atoms with Gasteiger partial charge in [0.25, 0.3) is 0 Å². The highest BCUT2D eigenvalue weighted by Crippen LogP contribution is 2.47. The van der Waals surface area contributed by atoms with Crippen LogP contribution in [-0.4, -0.2) is 34.5 Å². The summed E-state index contributed by atoms with van der Waals surface area (Å²) in [5, 5.41) is 11.7. The van der Waals surface area contributed by atoms with E-state index in [1.807, 2.05) is 6.07 Å². The summed E-state index contributed by atoms with van der Waals surface area (Å²) in [4.78, 5) is 4.34. The molecule has 0 radical (unpaired) electrons. The summed E-state index contributed by atoms with van der Waals surface area (Å²) in [5.41, 5.74) is 1.99. The van der Waals surface area contributed by atoms with E-state index in [2.05, 4.69) is 15.6 Å². The zero-order chi connectivity index (χ0) is 20.2. The van der Waals surface area contributed by atoms with Crippen LogP contribution >= 0.6 is 0 Å². The SMILES string of the molecule is CN=C(NCCc1ccc(S(N)(=O)=O)cc1)NCC1(c2cccc(F)c2)CC1. The second-order valence-corrected chi connectivity index (χ2v) is 8.64. The van der Waals surface area contributed by atoms with Crippen molar-refractivity contribution in [2.45, 2.75) is 29.6 Å². The molecule has 6 nitrogen and oxygen atoms in total. The van der Waals surface area contributed by atoms with E-state index in [1.54, 1.807) is 31.3 Å². The molecule has 150 valence electrons. The van der Waals surface area contributed by atoms with E-state index in [1.165, 1.54) is 18.2 Å². The van der Waals surface area contributed by atoms with Crippen LogP contribution < -0.4 is 15.8 Å². The molecule has 1 fully saturated rings. The van der Waals surface area contributed by atoms with Gasteiger partial charge in [-0.1, -0.05) is 24.3 Å². The molecule has 0 aromatic heterocycles. The molecule has 0 unspecified atom stereocenters. The van der Waals surface area contributed by atoms with E-state index < -0.39 is 10.0 Å². The molecule has 0 aliphatic heterocycles. The summed E-state index contributed by atoms with van der Waals surface area (Å²) >= 11 is 0. The summed E-state index contributed by atoms with van der Waals surface area (Å²) in [7, 11) is -1.96. The first-order valence-electron chi connectivity index (χ1n) is 9.15. The Hall–Kier alpha value is -2.45. The normalized spacial score (nSPS) is 15.9. The Labute approximate surface area is 165 Å². The van der Waals surface area contributed by atoms with Crippen molar-refractivity contribution < 1.29 is 12.8 Å². The molecule has 3 rings (SSSR count). The lowest BCUT2D eigenvalue weighted by Crippen LogP contribution is -2.42. The van der Waals surface area contributed by atoms with Gasteiger partial charge in [-0.05, 0) is 54.7 Å². The van der Waals surface area contributed by atoms with Gasteiger partial charge >= 0.3 is 0 Å². The van der Waals surface area contributed by atoms with Crippen LogP contribution in [0.2, 0.25) is 0 Å². The van der Waals surface area contributed by atoms with Crippen molar-refractivity contribution in [1.82, 2.24) is 10.6 Å². The van der Waals surface area contributed by atoms with Crippen molar-refractivity contribution >= 4 is 16.0 Å². The number of hydrogen-bond acceptors (Lipinski definition) is 3. The van der Waals surface area contributed by atoms with Crippen LogP contribution in [0.25, 0.3) is 0 Å². The topological polar surface area (TPSA) is 96.6 Å². The highest BCUT2D eigenvalue weighted by atomic mass is 32.2. The minimum Gasteiger partial charge on any atom is -0.356 e. The Morgan fingerprint density at radius 1 is 1.18 bits per heavy atom. The maximum absolute atomic E-state index is 13.5. The van der Waals surface area contributed by atoms with Gasteiger partial charge in [-0.15, -0.1) is 0 Å². The molecule has 4 N–H and O–H groups in total. The van der Waals surface area contributed by atoms with Crippen LogP contribution in [0.5, 0.6) is 0 Å². The predicted molar refractivity (Wildman–Crippen MR) is 108 cm³/mol. The number of nitrogens with one attached hydrogen (secondary N) is 2. The van der Waals surface area contributed by atoms with Crippen LogP contribution in [0.1, 0.15) is 24.0 Å². The quantitative estimate of drug-likeness (QED) is 0.485. The summed E-state index contributed by atoms with van der Waals surface area (Å²) in [6.45, 7) is 1.33. The van der Waals surface area contributed by atoms with Crippen molar-refractivity contribution in [3.63, 3.8) is 0 Å². The predicted octanol–water partition coefficient (Wildman–Crippen LogP) is 1.91. The lowest BCUT2D eigenvalue weighted by molar-refractivity contribution is 0.597. The highest BCUT2D eigenvalue weighted by molar-refractivity contribution is 7.89. The minimum atomic E-state index is -3.67. The average Bonchev–Trinajstić information content (AvgIpc) is 3.45. The van der Waals surface area contributed by atoms with Gasteiger partial charge in [-0.2, -0.15) is 0 Å².